The largest absolute Gasteiger partial charge is 0.454 e. The third kappa shape index (κ3) is 6.15. The fourth-order valence-corrected chi connectivity index (χ4v) is 11.6. The molecule has 3 nitrogen and oxygen atoms in total. The number of nitrogens with zero attached hydrogens (tertiary/aromatic N) is 2. The molecule has 1 aliphatic carbocycles. The molecule has 0 unspecified atom stereocenters. The van der Waals surface area contributed by atoms with Crippen LogP contribution in [-0.4, -0.2) is 4.57 Å². The predicted octanol–water partition coefficient (Wildman–Crippen LogP) is 18.6. The zero-order valence-corrected chi connectivity index (χ0v) is 38.9. The van der Waals surface area contributed by atoms with Crippen molar-refractivity contribution in [3.05, 3.63) is 254 Å². The van der Waals surface area contributed by atoms with Gasteiger partial charge in [-0.1, -0.05) is 196 Å². The first-order valence-corrected chi connectivity index (χ1v) is 24.2. The average molecular weight is 895 g/mol. The van der Waals surface area contributed by atoms with Crippen LogP contribution in [0, 0.1) is 0 Å². The Morgan fingerprint density at radius 2 is 0.957 bits per heavy atom. The maximum Gasteiger partial charge on any atom is 0.159 e. The Morgan fingerprint density at radius 1 is 0.400 bits per heavy atom. The van der Waals surface area contributed by atoms with Crippen molar-refractivity contribution in [2.24, 2.45) is 0 Å². The van der Waals surface area contributed by atoms with Crippen molar-refractivity contribution >= 4 is 71.6 Å². The van der Waals surface area contributed by atoms with E-state index >= 15 is 0 Å². The van der Waals surface area contributed by atoms with E-state index in [1.807, 2.05) is 0 Å². The topological polar surface area (TPSA) is 21.3 Å². The first-order valence-electron chi connectivity index (χ1n) is 24.2. The number of para-hydroxylation sites is 3. The highest BCUT2D eigenvalue weighted by atomic mass is 16.3. The Labute approximate surface area is 406 Å². The van der Waals surface area contributed by atoms with Gasteiger partial charge in [0.15, 0.2) is 5.58 Å². The van der Waals surface area contributed by atoms with E-state index < -0.39 is 0 Å². The number of benzene rings is 11. The van der Waals surface area contributed by atoms with Gasteiger partial charge in [-0.25, -0.2) is 0 Å². The average Bonchev–Trinajstić information content (AvgIpc) is 4.05. The van der Waals surface area contributed by atoms with E-state index in [1.165, 1.54) is 88.3 Å². The second-order valence-electron chi connectivity index (χ2n) is 19.2. The summed E-state index contributed by atoms with van der Waals surface area (Å²) in [7, 11) is 0. The fourth-order valence-electron chi connectivity index (χ4n) is 11.6. The Hall–Kier alpha value is -8.92. The van der Waals surface area contributed by atoms with Gasteiger partial charge < -0.3 is 13.9 Å². The van der Waals surface area contributed by atoms with E-state index in [2.05, 4.69) is 266 Å². The van der Waals surface area contributed by atoms with Crippen molar-refractivity contribution in [1.29, 1.82) is 0 Å². The van der Waals surface area contributed by atoms with Crippen LogP contribution in [0.1, 0.15) is 25.0 Å². The molecule has 13 aromatic rings. The summed E-state index contributed by atoms with van der Waals surface area (Å²) in [6.07, 6.45) is 0. The molecule has 1 aliphatic rings. The Morgan fingerprint density at radius 3 is 1.71 bits per heavy atom. The van der Waals surface area contributed by atoms with E-state index in [9.17, 15) is 0 Å². The van der Waals surface area contributed by atoms with Crippen LogP contribution in [0.5, 0.6) is 0 Å². The summed E-state index contributed by atoms with van der Waals surface area (Å²) < 4.78 is 9.28. The third-order valence-corrected chi connectivity index (χ3v) is 15.0. The molecule has 330 valence electrons. The van der Waals surface area contributed by atoms with Crippen LogP contribution in [-0.2, 0) is 5.41 Å². The summed E-state index contributed by atoms with van der Waals surface area (Å²) in [6, 6.07) is 88.4. The van der Waals surface area contributed by atoms with Gasteiger partial charge in [0.1, 0.15) is 5.58 Å². The highest BCUT2D eigenvalue weighted by Gasteiger charge is 2.38. The molecule has 0 atom stereocenters. The van der Waals surface area contributed by atoms with Crippen molar-refractivity contribution < 1.29 is 4.42 Å². The first kappa shape index (κ1) is 40.2. The van der Waals surface area contributed by atoms with Crippen LogP contribution in [0.2, 0.25) is 0 Å². The minimum Gasteiger partial charge on any atom is -0.454 e. The van der Waals surface area contributed by atoms with Gasteiger partial charge in [0.05, 0.1) is 22.4 Å². The molecule has 0 saturated carbocycles. The summed E-state index contributed by atoms with van der Waals surface area (Å²) in [5.41, 5.74) is 20.8. The van der Waals surface area contributed by atoms with Crippen molar-refractivity contribution in [2.45, 2.75) is 19.3 Å². The van der Waals surface area contributed by atoms with Crippen molar-refractivity contribution in [2.75, 3.05) is 4.90 Å². The van der Waals surface area contributed by atoms with E-state index in [1.54, 1.807) is 0 Å². The zero-order valence-electron chi connectivity index (χ0n) is 38.9. The van der Waals surface area contributed by atoms with E-state index in [4.69, 9.17) is 4.42 Å². The number of furan rings is 1. The lowest BCUT2D eigenvalue weighted by Gasteiger charge is -2.29. The van der Waals surface area contributed by atoms with Gasteiger partial charge in [-0.05, 0) is 122 Å². The van der Waals surface area contributed by atoms with Crippen molar-refractivity contribution in [3.8, 4) is 50.2 Å². The summed E-state index contributed by atoms with van der Waals surface area (Å²) >= 11 is 0. The molecule has 0 bridgehead atoms. The molecule has 0 spiro atoms. The number of anilines is 3. The van der Waals surface area contributed by atoms with E-state index in [0.29, 0.717) is 0 Å². The molecule has 14 rings (SSSR count). The smallest absolute Gasteiger partial charge is 0.159 e. The lowest BCUT2D eigenvalue weighted by molar-refractivity contribution is 0.660. The van der Waals surface area contributed by atoms with Gasteiger partial charge in [0.2, 0.25) is 0 Å². The van der Waals surface area contributed by atoms with Crippen molar-refractivity contribution in [3.63, 3.8) is 0 Å². The molecule has 0 N–H and O–H groups in total. The van der Waals surface area contributed by atoms with Crippen LogP contribution in [0.15, 0.2) is 247 Å². The molecule has 2 heterocycles. The maximum absolute atomic E-state index is 6.92. The standard InChI is InChI=1S/C67H46N2O/c1-67(2)57-21-10-8-19-54(57)65-58(67)22-13-24-61(65)69(62-25-12-20-55-64-52-17-7-6-14-48(52)37-41-63(64)70-66(55)62)51-38-34-46(35-39-51)45-28-26-43(27-29-45)44-30-32-47(33-31-44)49-36-40-60-56(42-49)53-18-9-11-23-59(53)68(60)50-15-4-3-5-16-50/h3-42H,1-2H3. The highest BCUT2D eigenvalue weighted by molar-refractivity contribution is 6.21. The van der Waals surface area contributed by atoms with E-state index in [0.717, 1.165) is 44.6 Å². The van der Waals surface area contributed by atoms with Crippen LogP contribution in [0.25, 0.3) is 105 Å². The van der Waals surface area contributed by atoms with Crippen molar-refractivity contribution in [1.82, 2.24) is 4.57 Å². The number of hydrogen-bond donors (Lipinski definition) is 0. The second-order valence-corrected chi connectivity index (χ2v) is 19.2. The molecule has 0 fully saturated rings. The monoisotopic (exact) mass is 894 g/mol. The summed E-state index contributed by atoms with van der Waals surface area (Å²) in [5, 5.41) is 7.18. The van der Waals surface area contributed by atoms with Crippen LogP contribution in [0.4, 0.5) is 17.1 Å². The van der Waals surface area contributed by atoms with Crippen LogP contribution in [0.3, 0.4) is 0 Å². The minimum absolute atomic E-state index is 0.141. The normalized spacial score (nSPS) is 12.8. The van der Waals surface area contributed by atoms with Gasteiger partial charge >= 0.3 is 0 Å². The lowest BCUT2D eigenvalue weighted by atomic mass is 9.82. The second kappa shape index (κ2) is 15.6. The van der Waals surface area contributed by atoms with E-state index in [-0.39, 0.29) is 5.41 Å². The van der Waals surface area contributed by atoms with Gasteiger partial charge in [-0.15, -0.1) is 0 Å². The molecular formula is C67H46N2O. The Bertz CT molecular complexity index is 4180. The number of hydrogen-bond acceptors (Lipinski definition) is 2. The van der Waals surface area contributed by atoms with Gasteiger partial charge in [-0.2, -0.15) is 0 Å². The quantitative estimate of drug-likeness (QED) is 0.159. The van der Waals surface area contributed by atoms with Gasteiger partial charge in [0.25, 0.3) is 0 Å². The summed E-state index contributed by atoms with van der Waals surface area (Å²) in [5.74, 6) is 0. The molecule has 0 radical (unpaired) electrons. The first-order chi connectivity index (χ1) is 34.5. The van der Waals surface area contributed by atoms with Gasteiger partial charge in [0, 0.05) is 43.9 Å². The molecule has 0 saturated heterocycles. The summed E-state index contributed by atoms with van der Waals surface area (Å²) in [6.45, 7) is 4.69. The highest BCUT2D eigenvalue weighted by Crippen LogP contribution is 2.55. The third-order valence-electron chi connectivity index (χ3n) is 15.0. The number of aromatic nitrogens is 1. The maximum atomic E-state index is 6.92. The molecule has 70 heavy (non-hydrogen) atoms. The molecule has 0 aliphatic heterocycles. The molecular weight excluding hydrogens is 849 g/mol. The van der Waals surface area contributed by atoms with Gasteiger partial charge in [-0.3, -0.25) is 0 Å². The lowest BCUT2D eigenvalue weighted by Crippen LogP contribution is -2.16. The fraction of sp³-hybridized carbons (Fsp3) is 0.0448. The number of rotatable bonds is 7. The number of fused-ring (bicyclic) bond motifs is 11. The Balaban J connectivity index is 0.810. The molecule has 0 amide bonds. The molecule has 2 aromatic heterocycles. The van der Waals surface area contributed by atoms with Crippen LogP contribution >= 0.6 is 0 Å². The molecule has 11 aromatic carbocycles. The van der Waals surface area contributed by atoms with Crippen LogP contribution < -0.4 is 4.90 Å². The summed E-state index contributed by atoms with van der Waals surface area (Å²) in [4.78, 5) is 2.42. The zero-order chi connectivity index (χ0) is 46.5. The SMILES string of the molecule is CC1(C)c2ccccc2-c2c(N(c3ccc(-c4ccc(-c5ccc(-c6ccc7c(c6)c6ccccc6n7-c6ccccc6)cc5)cc4)cc3)c3cccc4c3oc3ccc5ccccc5c34)cccc21. The Kier molecular flexibility index (Phi) is 8.93. The molecule has 3 heteroatoms. The predicted molar refractivity (Wildman–Crippen MR) is 294 cm³/mol. The minimum atomic E-state index is -0.141.